The summed E-state index contributed by atoms with van der Waals surface area (Å²) in [5, 5.41) is 8.29. The van der Waals surface area contributed by atoms with Crippen LogP contribution in [0.4, 0.5) is 0 Å². The highest BCUT2D eigenvalue weighted by molar-refractivity contribution is 5.98. The summed E-state index contributed by atoms with van der Waals surface area (Å²) in [4.78, 5) is 10.8. The average molecular weight is 160 g/mol. The molecular formula is C9H8N2O. The minimum Gasteiger partial charge on any atom is -0.317 e. The quantitative estimate of drug-likeness (QED) is 0.650. The van der Waals surface area contributed by atoms with Crippen LogP contribution in [0.25, 0.3) is 0 Å². The lowest BCUT2D eigenvalue weighted by Gasteiger charge is -2.04. The Kier molecular flexibility index (Phi) is 2.57. The summed E-state index contributed by atoms with van der Waals surface area (Å²) in [6.07, 6.45) is 0. The van der Waals surface area contributed by atoms with Crippen molar-refractivity contribution in [3.05, 3.63) is 35.9 Å². The van der Waals surface area contributed by atoms with Gasteiger partial charge in [0.2, 0.25) is 0 Å². The number of nitrogens with zero attached hydrogens (tertiary/aromatic N) is 1. The van der Waals surface area contributed by atoms with E-state index in [4.69, 9.17) is 11.0 Å². The minimum absolute atomic E-state index is 0.610. The third kappa shape index (κ3) is 1.68. The van der Waals surface area contributed by atoms with E-state index >= 15 is 0 Å². The van der Waals surface area contributed by atoms with Crippen molar-refractivity contribution < 1.29 is 4.79 Å². The van der Waals surface area contributed by atoms with E-state index < -0.39 is 11.8 Å². The second-order valence-electron chi connectivity index (χ2n) is 2.36. The average Bonchev–Trinajstić information content (AvgIpc) is 2.17. The Morgan fingerprint density at radius 1 is 1.42 bits per heavy atom. The lowest BCUT2D eigenvalue weighted by molar-refractivity contribution is -0.115. The number of ketones is 1. The molecule has 0 heterocycles. The lowest BCUT2D eigenvalue weighted by Crippen LogP contribution is -2.19. The number of Topliss-reactive ketones (excluding diaryl/α,β-unsaturated/α-hetero) is 1. The first-order valence-electron chi connectivity index (χ1n) is 3.50. The lowest BCUT2D eigenvalue weighted by atomic mass is 10.1. The van der Waals surface area contributed by atoms with E-state index in [1.807, 2.05) is 6.07 Å². The summed E-state index contributed by atoms with van der Waals surface area (Å²) in [5.74, 6) is -0.610. The molecule has 0 fully saturated rings. The second kappa shape index (κ2) is 3.65. The van der Waals surface area contributed by atoms with Crippen LogP contribution in [0, 0.1) is 11.3 Å². The fourth-order valence-electron chi connectivity index (χ4n) is 0.881. The third-order valence-electron chi connectivity index (χ3n) is 1.55. The molecule has 0 aliphatic heterocycles. The molecule has 0 radical (unpaired) electrons. The molecule has 0 aliphatic rings. The highest BCUT2D eigenvalue weighted by Crippen LogP contribution is 2.09. The molecule has 0 spiro atoms. The van der Waals surface area contributed by atoms with Crippen molar-refractivity contribution in [1.29, 1.82) is 5.26 Å². The topological polar surface area (TPSA) is 66.9 Å². The van der Waals surface area contributed by atoms with Crippen molar-refractivity contribution in [2.75, 3.05) is 0 Å². The normalized spacial score (nSPS) is 11.7. The first-order chi connectivity index (χ1) is 5.75. The molecule has 0 saturated heterocycles. The Morgan fingerprint density at radius 3 is 2.50 bits per heavy atom. The van der Waals surface area contributed by atoms with Crippen LogP contribution in [-0.2, 0) is 4.79 Å². The van der Waals surface area contributed by atoms with E-state index in [1.165, 1.54) is 6.07 Å². The maximum atomic E-state index is 10.8. The zero-order valence-electron chi connectivity index (χ0n) is 6.40. The van der Waals surface area contributed by atoms with Crippen molar-refractivity contribution in [2.24, 2.45) is 5.73 Å². The van der Waals surface area contributed by atoms with Crippen molar-refractivity contribution in [2.45, 2.75) is 6.04 Å². The third-order valence-corrected chi connectivity index (χ3v) is 1.55. The Bertz CT molecular complexity index is 313. The van der Waals surface area contributed by atoms with Gasteiger partial charge >= 0.3 is 0 Å². The van der Waals surface area contributed by atoms with Gasteiger partial charge in [-0.05, 0) is 5.56 Å². The SMILES string of the molecule is N#CC(=O)[C@@H](N)c1ccccc1. The van der Waals surface area contributed by atoms with Crippen LogP contribution in [-0.4, -0.2) is 5.78 Å². The van der Waals surface area contributed by atoms with Crippen LogP contribution in [0.5, 0.6) is 0 Å². The van der Waals surface area contributed by atoms with Gasteiger partial charge in [-0.1, -0.05) is 30.3 Å². The molecule has 1 atom stereocenters. The zero-order valence-corrected chi connectivity index (χ0v) is 6.40. The first kappa shape index (κ1) is 8.44. The summed E-state index contributed by atoms with van der Waals surface area (Å²) < 4.78 is 0. The molecule has 0 aromatic heterocycles. The summed E-state index contributed by atoms with van der Waals surface area (Å²) in [6.45, 7) is 0. The van der Waals surface area contributed by atoms with Gasteiger partial charge < -0.3 is 5.73 Å². The van der Waals surface area contributed by atoms with Gasteiger partial charge in [0.1, 0.15) is 12.1 Å². The second-order valence-corrected chi connectivity index (χ2v) is 2.36. The van der Waals surface area contributed by atoms with E-state index in [0.29, 0.717) is 5.56 Å². The van der Waals surface area contributed by atoms with Crippen LogP contribution < -0.4 is 5.73 Å². The molecule has 0 aliphatic carbocycles. The van der Waals surface area contributed by atoms with Crippen LogP contribution in [0.15, 0.2) is 30.3 Å². The van der Waals surface area contributed by atoms with Crippen molar-refractivity contribution in [3.8, 4) is 6.07 Å². The molecular weight excluding hydrogens is 152 g/mol. The molecule has 60 valence electrons. The number of nitrogens with two attached hydrogens (primary N) is 1. The molecule has 3 heteroatoms. The molecule has 0 amide bonds. The van der Waals surface area contributed by atoms with Gasteiger partial charge in [0.05, 0.1) is 0 Å². The molecule has 0 unspecified atom stereocenters. The van der Waals surface area contributed by atoms with Gasteiger partial charge in [-0.25, -0.2) is 0 Å². The van der Waals surface area contributed by atoms with Crippen molar-refractivity contribution in [3.63, 3.8) is 0 Å². The van der Waals surface area contributed by atoms with Gasteiger partial charge in [0.25, 0.3) is 5.78 Å². The molecule has 0 saturated carbocycles. The van der Waals surface area contributed by atoms with E-state index in [2.05, 4.69) is 0 Å². The number of carbonyl (C=O) groups excluding carboxylic acids is 1. The standard InChI is InChI=1S/C9H8N2O/c10-6-8(12)9(11)7-4-2-1-3-5-7/h1-5,9H,11H2/t9-/m0/s1. The predicted octanol–water partition coefficient (Wildman–Crippen LogP) is 0.779. The molecule has 3 nitrogen and oxygen atoms in total. The Hall–Kier alpha value is -1.66. The number of carbonyl (C=O) groups is 1. The van der Waals surface area contributed by atoms with Gasteiger partial charge in [-0.2, -0.15) is 5.26 Å². The van der Waals surface area contributed by atoms with Gasteiger partial charge in [0, 0.05) is 0 Å². The number of nitriles is 1. The van der Waals surface area contributed by atoms with E-state index in [1.54, 1.807) is 24.3 Å². The van der Waals surface area contributed by atoms with Crippen LogP contribution in [0.3, 0.4) is 0 Å². The first-order valence-corrected chi connectivity index (χ1v) is 3.50. The van der Waals surface area contributed by atoms with Crippen LogP contribution >= 0.6 is 0 Å². The Labute approximate surface area is 70.4 Å². The van der Waals surface area contributed by atoms with E-state index in [9.17, 15) is 4.79 Å². The molecule has 1 aromatic rings. The summed E-state index contributed by atoms with van der Waals surface area (Å²) in [7, 11) is 0. The zero-order chi connectivity index (χ0) is 8.97. The number of benzene rings is 1. The minimum atomic E-state index is -0.809. The maximum absolute atomic E-state index is 10.8. The van der Waals surface area contributed by atoms with Crippen LogP contribution in [0.2, 0.25) is 0 Å². The fourth-order valence-corrected chi connectivity index (χ4v) is 0.881. The smallest absolute Gasteiger partial charge is 0.253 e. The van der Waals surface area contributed by atoms with Crippen molar-refractivity contribution in [1.82, 2.24) is 0 Å². The molecule has 2 N–H and O–H groups in total. The fraction of sp³-hybridized carbons (Fsp3) is 0.111. The van der Waals surface area contributed by atoms with Crippen LogP contribution in [0.1, 0.15) is 11.6 Å². The molecule has 1 aromatic carbocycles. The highest BCUT2D eigenvalue weighted by atomic mass is 16.1. The Balaban J connectivity index is 2.87. The van der Waals surface area contributed by atoms with Gasteiger partial charge in [-0.15, -0.1) is 0 Å². The van der Waals surface area contributed by atoms with Gasteiger partial charge in [0.15, 0.2) is 0 Å². The predicted molar refractivity (Wildman–Crippen MR) is 44.0 cm³/mol. The van der Waals surface area contributed by atoms with Gasteiger partial charge in [-0.3, -0.25) is 4.79 Å². The van der Waals surface area contributed by atoms with E-state index in [-0.39, 0.29) is 0 Å². The summed E-state index contributed by atoms with van der Waals surface area (Å²) in [6, 6.07) is 9.52. The van der Waals surface area contributed by atoms with E-state index in [0.717, 1.165) is 0 Å². The number of hydrogen-bond donors (Lipinski definition) is 1. The largest absolute Gasteiger partial charge is 0.317 e. The Morgan fingerprint density at radius 2 is 2.00 bits per heavy atom. The molecule has 1 rings (SSSR count). The summed E-state index contributed by atoms with van der Waals surface area (Å²) >= 11 is 0. The highest BCUT2D eigenvalue weighted by Gasteiger charge is 2.13. The molecule has 12 heavy (non-hydrogen) atoms. The summed E-state index contributed by atoms with van der Waals surface area (Å²) in [5.41, 5.74) is 6.15. The molecule has 0 bridgehead atoms. The van der Waals surface area contributed by atoms with Crippen molar-refractivity contribution >= 4 is 5.78 Å². The monoisotopic (exact) mass is 160 g/mol. The maximum Gasteiger partial charge on any atom is 0.253 e. The number of hydrogen-bond acceptors (Lipinski definition) is 3. The number of rotatable bonds is 2.